The largest absolute Gasteiger partial charge is 0.317 e. The molecule has 1 aromatic carbocycles. The molecule has 0 aliphatic heterocycles. The smallest absolute Gasteiger partial charge is 0.229 e. The highest BCUT2D eigenvalue weighted by Crippen LogP contribution is 2.29. The average Bonchev–Trinajstić information content (AvgIpc) is 2.96. The average molecular weight is 312 g/mol. The molecular formula is C17H13FN2OS. The highest BCUT2D eigenvalue weighted by Gasteiger charge is 2.08. The van der Waals surface area contributed by atoms with Crippen LogP contribution in [0.3, 0.4) is 0 Å². The fourth-order valence-corrected chi connectivity index (χ4v) is 2.92. The Morgan fingerprint density at radius 2 is 1.95 bits per heavy atom. The maximum absolute atomic E-state index is 13.1. The van der Waals surface area contributed by atoms with Crippen molar-refractivity contribution in [2.75, 3.05) is 5.32 Å². The summed E-state index contributed by atoms with van der Waals surface area (Å²) in [5.41, 5.74) is 2.57. The molecule has 1 amide bonds. The number of nitrogens with zero attached hydrogens (tertiary/aromatic N) is 1. The first-order chi connectivity index (χ1) is 10.7. The second kappa shape index (κ2) is 6.49. The van der Waals surface area contributed by atoms with E-state index in [0.29, 0.717) is 6.42 Å². The molecule has 0 unspecified atom stereocenters. The molecule has 5 heteroatoms. The number of hydrogen-bond donors (Lipinski definition) is 1. The lowest BCUT2D eigenvalue weighted by molar-refractivity contribution is -0.115. The maximum Gasteiger partial charge on any atom is 0.229 e. The van der Waals surface area contributed by atoms with E-state index < -0.39 is 5.95 Å². The van der Waals surface area contributed by atoms with Crippen molar-refractivity contribution in [2.45, 2.75) is 6.42 Å². The number of halogens is 1. The number of hydrogen-bond acceptors (Lipinski definition) is 3. The van der Waals surface area contributed by atoms with Crippen molar-refractivity contribution in [2.24, 2.45) is 0 Å². The molecule has 0 radical (unpaired) electrons. The number of anilines is 1. The Bertz CT molecular complexity index is 786. The lowest BCUT2D eigenvalue weighted by Crippen LogP contribution is -2.13. The normalized spacial score (nSPS) is 10.4. The Morgan fingerprint density at radius 1 is 1.14 bits per heavy atom. The summed E-state index contributed by atoms with van der Waals surface area (Å²) in [5, 5.41) is 5.49. The molecule has 0 fully saturated rings. The van der Waals surface area contributed by atoms with Gasteiger partial charge in [0.1, 0.15) is 0 Å². The molecule has 1 N–H and O–H groups in total. The first kappa shape index (κ1) is 14.4. The molecule has 0 aliphatic rings. The van der Waals surface area contributed by atoms with E-state index in [1.165, 1.54) is 23.6 Å². The van der Waals surface area contributed by atoms with Gasteiger partial charge in [0, 0.05) is 17.6 Å². The van der Waals surface area contributed by atoms with Gasteiger partial charge in [-0.2, -0.15) is 4.39 Å². The molecule has 0 aliphatic carbocycles. The molecule has 0 atom stereocenters. The van der Waals surface area contributed by atoms with Crippen LogP contribution in [0.5, 0.6) is 0 Å². The molecule has 0 saturated heterocycles. The third kappa shape index (κ3) is 3.56. The first-order valence-electron chi connectivity index (χ1n) is 6.75. The highest BCUT2D eigenvalue weighted by molar-refractivity contribution is 7.14. The van der Waals surface area contributed by atoms with Crippen molar-refractivity contribution in [3.8, 4) is 11.1 Å². The summed E-state index contributed by atoms with van der Waals surface area (Å²) in [7, 11) is 0. The molecule has 0 saturated carbocycles. The summed E-state index contributed by atoms with van der Waals surface area (Å²) in [5.74, 6) is -0.584. The number of nitrogens with one attached hydrogen (secondary N) is 1. The van der Waals surface area contributed by atoms with Crippen LogP contribution < -0.4 is 5.32 Å². The Balaban J connectivity index is 1.68. The molecule has 3 nitrogen and oxygen atoms in total. The van der Waals surface area contributed by atoms with Crippen LogP contribution in [0.2, 0.25) is 0 Å². The van der Waals surface area contributed by atoms with Crippen LogP contribution in [0.15, 0.2) is 60.1 Å². The molecule has 110 valence electrons. The quantitative estimate of drug-likeness (QED) is 0.736. The van der Waals surface area contributed by atoms with Gasteiger partial charge in [-0.05, 0) is 28.8 Å². The van der Waals surface area contributed by atoms with Crippen LogP contribution in [-0.4, -0.2) is 10.9 Å². The Labute approximate surface area is 131 Å². The van der Waals surface area contributed by atoms with Crippen molar-refractivity contribution < 1.29 is 9.18 Å². The van der Waals surface area contributed by atoms with Gasteiger partial charge in [0.2, 0.25) is 11.9 Å². The van der Waals surface area contributed by atoms with Gasteiger partial charge in [-0.3, -0.25) is 4.79 Å². The predicted molar refractivity (Wildman–Crippen MR) is 86.3 cm³/mol. The third-order valence-electron chi connectivity index (χ3n) is 3.13. The van der Waals surface area contributed by atoms with Crippen LogP contribution in [0.1, 0.15) is 5.56 Å². The van der Waals surface area contributed by atoms with E-state index in [1.54, 1.807) is 6.07 Å². The van der Waals surface area contributed by atoms with Gasteiger partial charge < -0.3 is 5.32 Å². The van der Waals surface area contributed by atoms with Crippen LogP contribution in [-0.2, 0) is 11.2 Å². The molecule has 2 aromatic heterocycles. The van der Waals surface area contributed by atoms with Crippen molar-refractivity contribution in [3.05, 3.63) is 71.6 Å². The SMILES string of the molecule is O=C(Cc1ccccc1)Nc1cc(-c2ccnc(F)c2)cs1. The van der Waals surface area contributed by atoms with E-state index >= 15 is 0 Å². The fourth-order valence-electron chi connectivity index (χ4n) is 2.10. The minimum Gasteiger partial charge on any atom is -0.317 e. The number of thiophene rings is 1. The first-order valence-corrected chi connectivity index (χ1v) is 7.63. The number of amides is 1. The topological polar surface area (TPSA) is 42.0 Å². The molecule has 3 aromatic rings. The van der Waals surface area contributed by atoms with Crippen molar-refractivity contribution >= 4 is 22.2 Å². The zero-order valence-corrected chi connectivity index (χ0v) is 12.4. The van der Waals surface area contributed by atoms with Crippen molar-refractivity contribution in [3.63, 3.8) is 0 Å². The zero-order chi connectivity index (χ0) is 15.4. The summed E-state index contributed by atoms with van der Waals surface area (Å²) in [4.78, 5) is 15.5. The van der Waals surface area contributed by atoms with E-state index in [2.05, 4.69) is 10.3 Å². The minimum atomic E-state index is -0.515. The van der Waals surface area contributed by atoms with E-state index in [0.717, 1.165) is 21.7 Å². The zero-order valence-electron chi connectivity index (χ0n) is 11.6. The Hall–Kier alpha value is -2.53. The van der Waals surface area contributed by atoms with Gasteiger partial charge in [-0.25, -0.2) is 4.98 Å². The lowest BCUT2D eigenvalue weighted by atomic mass is 10.1. The van der Waals surface area contributed by atoms with E-state index in [1.807, 2.05) is 41.8 Å². The fraction of sp³-hybridized carbons (Fsp3) is 0.0588. The van der Waals surface area contributed by atoms with Gasteiger partial charge in [-0.1, -0.05) is 30.3 Å². The monoisotopic (exact) mass is 312 g/mol. The number of carbonyl (C=O) groups is 1. The Morgan fingerprint density at radius 3 is 2.73 bits per heavy atom. The molecular weight excluding hydrogens is 299 g/mol. The number of benzene rings is 1. The lowest BCUT2D eigenvalue weighted by Gasteiger charge is -2.02. The summed E-state index contributed by atoms with van der Waals surface area (Å²) in [6.45, 7) is 0. The van der Waals surface area contributed by atoms with Crippen LogP contribution >= 0.6 is 11.3 Å². The summed E-state index contributed by atoms with van der Waals surface area (Å²) in [6.07, 6.45) is 1.76. The number of pyridine rings is 1. The van der Waals surface area contributed by atoms with Crippen molar-refractivity contribution in [1.29, 1.82) is 0 Å². The Kier molecular flexibility index (Phi) is 4.25. The third-order valence-corrected chi connectivity index (χ3v) is 3.98. The number of carbonyl (C=O) groups excluding carboxylic acids is 1. The van der Waals surface area contributed by atoms with Crippen molar-refractivity contribution in [1.82, 2.24) is 4.98 Å². The molecule has 22 heavy (non-hydrogen) atoms. The van der Waals surface area contributed by atoms with E-state index in [-0.39, 0.29) is 5.91 Å². The van der Waals surface area contributed by atoms with E-state index in [4.69, 9.17) is 0 Å². The molecule has 2 heterocycles. The van der Waals surface area contributed by atoms with Crippen LogP contribution in [0.4, 0.5) is 9.39 Å². The second-order valence-electron chi connectivity index (χ2n) is 4.78. The van der Waals surface area contributed by atoms with Gasteiger partial charge in [-0.15, -0.1) is 11.3 Å². The number of rotatable bonds is 4. The summed E-state index contributed by atoms with van der Waals surface area (Å²) < 4.78 is 13.1. The summed E-state index contributed by atoms with van der Waals surface area (Å²) >= 11 is 1.41. The molecule has 0 spiro atoms. The molecule has 0 bridgehead atoms. The standard InChI is InChI=1S/C17H13FN2OS/c18-15-9-13(6-7-19-15)14-10-17(22-11-14)20-16(21)8-12-4-2-1-3-5-12/h1-7,9-11H,8H2,(H,20,21). The van der Waals surface area contributed by atoms with Gasteiger partial charge >= 0.3 is 0 Å². The summed E-state index contributed by atoms with van der Waals surface area (Å²) in [6, 6.07) is 14.5. The maximum atomic E-state index is 13.1. The minimum absolute atomic E-state index is 0.0690. The van der Waals surface area contributed by atoms with Gasteiger partial charge in [0.05, 0.1) is 11.4 Å². The highest BCUT2D eigenvalue weighted by atomic mass is 32.1. The van der Waals surface area contributed by atoms with Gasteiger partial charge in [0.15, 0.2) is 0 Å². The second-order valence-corrected chi connectivity index (χ2v) is 5.69. The number of aromatic nitrogens is 1. The van der Waals surface area contributed by atoms with E-state index in [9.17, 15) is 9.18 Å². The van der Waals surface area contributed by atoms with Crippen LogP contribution in [0.25, 0.3) is 11.1 Å². The van der Waals surface area contributed by atoms with Crippen LogP contribution in [0, 0.1) is 5.95 Å². The predicted octanol–water partition coefficient (Wildman–Crippen LogP) is 4.13. The molecule has 3 rings (SSSR count). The van der Waals surface area contributed by atoms with Gasteiger partial charge in [0.25, 0.3) is 0 Å².